The van der Waals surface area contributed by atoms with E-state index in [9.17, 15) is 14.4 Å². The standard InChI is InChI=1S/C19H21BrN2O3/c20-13-5-8-15-16(10-13)19(25)21(18(15)24)9-1-2-17(23)22(14-6-7-14)11-12-3-4-12/h5,8,10,12,14H,1-4,6-7,9,11H2. The van der Waals surface area contributed by atoms with Crippen LogP contribution in [0.1, 0.15) is 59.2 Å². The molecule has 1 aliphatic heterocycles. The zero-order valence-corrected chi connectivity index (χ0v) is 15.6. The molecule has 5 nitrogen and oxygen atoms in total. The van der Waals surface area contributed by atoms with Crippen molar-refractivity contribution in [3.05, 3.63) is 33.8 Å². The first-order valence-corrected chi connectivity index (χ1v) is 9.79. The molecule has 0 radical (unpaired) electrons. The first-order chi connectivity index (χ1) is 12.0. The first kappa shape index (κ1) is 16.8. The minimum absolute atomic E-state index is 0.175. The Kier molecular flexibility index (Phi) is 4.40. The van der Waals surface area contributed by atoms with Gasteiger partial charge < -0.3 is 4.90 Å². The number of amides is 3. The molecule has 132 valence electrons. The van der Waals surface area contributed by atoms with E-state index in [1.54, 1.807) is 18.2 Å². The average Bonchev–Trinajstić information content (AvgIpc) is 3.48. The van der Waals surface area contributed by atoms with Crippen molar-refractivity contribution in [1.82, 2.24) is 9.80 Å². The van der Waals surface area contributed by atoms with Crippen LogP contribution in [0.5, 0.6) is 0 Å². The second-order valence-electron chi connectivity index (χ2n) is 7.28. The monoisotopic (exact) mass is 404 g/mol. The number of benzene rings is 1. The summed E-state index contributed by atoms with van der Waals surface area (Å²) in [6.07, 6.45) is 5.64. The van der Waals surface area contributed by atoms with Gasteiger partial charge in [0.05, 0.1) is 11.1 Å². The number of hydrogen-bond donors (Lipinski definition) is 0. The summed E-state index contributed by atoms with van der Waals surface area (Å²) < 4.78 is 0.782. The van der Waals surface area contributed by atoms with E-state index in [4.69, 9.17) is 0 Å². The van der Waals surface area contributed by atoms with E-state index in [2.05, 4.69) is 15.9 Å². The molecule has 1 aromatic rings. The molecule has 2 saturated carbocycles. The number of rotatable bonds is 7. The lowest BCUT2D eigenvalue weighted by molar-refractivity contribution is -0.132. The Balaban J connectivity index is 1.33. The fourth-order valence-electron chi connectivity index (χ4n) is 3.42. The number of halogens is 1. The van der Waals surface area contributed by atoms with Crippen LogP contribution >= 0.6 is 15.9 Å². The van der Waals surface area contributed by atoms with Crippen molar-refractivity contribution in [2.24, 2.45) is 5.92 Å². The quantitative estimate of drug-likeness (QED) is 0.655. The maximum atomic E-state index is 12.5. The van der Waals surface area contributed by atoms with E-state index in [0.717, 1.165) is 23.9 Å². The highest BCUT2D eigenvalue weighted by atomic mass is 79.9. The summed E-state index contributed by atoms with van der Waals surface area (Å²) in [6, 6.07) is 5.56. The third-order valence-corrected chi connectivity index (χ3v) is 5.66. The predicted molar refractivity (Wildman–Crippen MR) is 96.2 cm³/mol. The Bertz CT molecular complexity index is 740. The lowest BCUT2D eigenvalue weighted by Gasteiger charge is -2.23. The molecule has 4 rings (SSSR count). The van der Waals surface area contributed by atoms with Crippen molar-refractivity contribution in [3.8, 4) is 0 Å². The molecule has 0 unspecified atom stereocenters. The van der Waals surface area contributed by atoms with Crippen molar-refractivity contribution in [3.63, 3.8) is 0 Å². The lowest BCUT2D eigenvalue weighted by atomic mass is 10.1. The van der Waals surface area contributed by atoms with Gasteiger partial charge in [-0.25, -0.2) is 0 Å². The molecule has 2 fully saturated rings. The molecular formula is C19H21BrN2O3. The third kappa shape index (κ3) is 3.50. The van der Waals surface area contributed by atoms with Gasteiger partial charge in [-0.1, -0.05) is 15.9 Å². The molecule has 25 heavy (non-hydrogen) atoms. The van der Waals surface area contributed by atoms with Crippen LogP contribution in [0.25, 0.3) is 0 Å². The van der Waals surface area contributed by atoms with E-state index in [0.29, 0.717) is 42.5 Å². The zero-order chi connectivity index (χ0) is 17.6. The molecule has 0 bridgehead atoms. The number of hydrogen-bond acceptors (Lipinski definition) is 3. The minimum atomic E-state index is -0.259. The van der Waals surface area contributed by atoms with Gasteiger partial charge in [-0.15, -0.1) is 0 Å². The Labute approximate surface area is 155 Å². The topological polar surface area (TPSA) is 57.7 Å². The van der Waals surface area contributed by atoms with Gasteiger partial charge in [-0.3, -0.25) is 19.3 Å². The van der Waals surface area contributed by atoms with Gasteiger partial charge in [-0.05, 0) is 56.2 Å². The molecule has 0 aromatic heterocycles. The number of carbonyl (C=O) groups is 3. The van der Waals surface area contributed by atoms with E-state index < -0.39 is 0 Å². The van der Waals surface area contributed by atoms with E-state index in [1.165, 1.54) is 17.7 Å². The smallest absolute Gasteiger partial charge is 0.261 e. The van der Waals surface area contributed by atoms with Crippen molar-refractivity contribution >= 4 is 33.7 Å². The van der Waals surface area contributed by atoms with Gasteiger partial charge >= 0.3 is 0 Å². The highest BCUT2D eigenvalue weighted by Crippen LogP contribution is 2.35. The van der Waals surface area contributed by atoms with E-state index in [-0.39, 0.29) is 17.7 Å². The molecule has 2 aliphatic carbocycles. The van der Waals surface area contributed by atoms with Crippen molar-refractivity contribution in [1.29, 1.82) is 0 Å². The number of imide groups is 1. The molecule has 0 spiro atoms. The molecule has 0 N–H and O–H groups in total. The van der Waals surface area contributed by atoms with Crippen LogP contribution in [0.4, 0.5) is 0 Å². The lowest BCUT2D eigenvalue weighted by Crippen LogP contribution is -2.36. The van der Waals surface area contributed by atoms with E-state index in [1.807, 2.05) is 4.90 Å². The highest BCUT2D eigenvalue weighted by Gasteiger charge is 2.37. The van der Waals surface area contributed by atoms with Gasteiger partial charge in [0.15, 0.2) is 0 Å². The molecule has 1 heterocycles. The minimum Gasteiger partial charge on any atom is -0.339 e. The van der Waals surface area contributed by atoms with Gasteiger partial charge in [-0.2, -0.15) is 0 Å². The van der Waals surface area contributed by atoms with Gasteiger partial charge in [0, 0.05) is 30.0 Å². The Hall–Kier alpha value is -1.69. The fraction of sp³-hybridized carbons (Fsp3) is 0.526. The summed E-state index contributed by atoms with van der Waals surface area (Å²) in [5, 5.41) is 0. The fourth-order valence-corrected chi connectivity index (χ4v) is 3.78. The second kappa shape index (κ2) is 6.56. The largest absolute Gasteiger partial charge is 0.339 e. The summed E-state index contributed by atoms with van der Waals surface area (Å²) >= 11 is 3.33. The summed E-state index contributed by atoms with van der Waals surface area (Å²) in [6.45, 7) is 1.20. The normalized spacial score (nSPS) is 19.3. The van der Waals surface area contributed by atoms with Crippen LogP contribution < -0.4 is 0 Å². The second-order valence-corrected chi connectivity index (χ2v) is 8.19. The van der Waals surface area contributed by atoms with Gasteiger partial charge in [0.2, 0.25) is 5.91 Å². The molecule has 3 aliphatic rings. The zero-order valence-electron chi connectivity index (χ0n) is 14.0. The van der Waals surface area contributed by atoms with Crippen LogP contribution in [-0.4, -0.2) is 46.7 Å². The highest BCUT2D eigenvalue weighted by molar-refractivity contribution is 9.10. The van der Waals surface area contributed by atoms with Crippen LogP contribution in [0.2, 0.25) is 0 Å². The summed E-state index contributed by atoms with van der Waals surface area (Å²) in [7, 11) is 0. The number of carbonyl (C=O) groups excluding carboxylic acids is 3. The molecule has 0 atom stereocenters. The summed E-state index contributed by atoms with van der Waals surface area (Å²) in [5.74, 6) is 0.357. The van der Waals surface area contributed by atoms with Gasteiger partial charge in [0.1, 0.15) is 0 Å². The Morgan fingerprint density at radius 1 is 1.12 bits per heavy atom. The van der Waals surface area contributed by atoms with E-state index >= 15 is 0 Å². The number of fused-ring (bicyclic) bond motifs is 1. The predicted octanol–water partition coefficient (Wildman–Crippen LogP) is 3.23. The Morgan fingerprint density at radius 3 is 2.52 bits per heavy atom. The van der Waals surface area contributed by atoms with Crippen molar-refractivity contribution < 1.29 is 14.4 Å². The van der Waals surface area contributed by atoms with Crippen molar-refractivity contribution in [2.75, 3.05) is 13.1 Å². The Morgan fingerprint density at radius 2 is 1.84 bits per heavy atom. The SMILES string of the molecule is O=C1c2ccc(Br)cc2C(=O)N1CCCC(=O)N(CC1CC1)C1CC1. The summed E-state index contributed by atoms with van der Waals surface area (Å²) in [4.78, 5) is 40.7. The number of nitrogens with zero attached hydrogens (tertiary/aromatic N) is 2. The third-order valence-electron chi connectivity index (χ3n) is 5.16. The van der Waals surface area contributed by atoms with Crippen LogP contribution in [0, 0.1) is 5.92 Å². The molecule has 0 saturated heterocycles. The molecule has 3 amide bonds. The molecule has 1 aromatic carbocycles. The van der Waals surface area contributed by atoms with Crippen LogP contribution in [0.15, 0.2) is 22.7 Å². The van der Waals surface area contributed by atoms with Crippen LogP contribution in [-0.2, 0) is 4.79 Å². The van der Waals surface area contributed by atoms with Crippen molar-refractivity contribution in [2.45, 2.75) is 44.6 Å². The maximum Gasteiger partial charge on any atom is 0.261 e. The maximum absolute atomic E-state index is 12.5. The average molecular weight is 405 g/mol. The first-order valence-electron chi connectivity index (χ1n) is 9.00. The van der Waals surface area contributed by atoms with Gasteiger partial charge in [0.25, 0.3) is 11.8 Å². The summed E-state index contributed by atoms with van der Waals surface area (Å²) in [5.41, 5.74) is 0.895. The van der Waals surface area contributed by atoms with Crippen LogP contribution in [0.3, 0.4) is 0 Å². The molecular weight excluding hydrogens is 384 g/mol. The molecule has 6 heteroatoms.